The molecule has 2 nitrogen and oxygen atoms in total. The van der Waals surface area contributed by atoms with Crippen LogP contribution in [0.4, 0.5) is 5.69 Å². The highest BCUT2D eigenvalue weighted by molar-refractivity contribution is 7.14. The Hall–Kier alpha value is -1.29. The molecule has 0 aliphatic heterocycles. The third-order valence-electron chi connectivity index (χ3n) is 3.13. The SMILES string of the molecule is CC(Nc1cc(Cl)cc2cccnc12)c1csc(Cl)c1. The maximum Gasteiger partial charge on any atom is 0.0934 e. The van der Waals surface area contributed by atoms with E-state index in [2.05, 4.69) is 22.6 Å². The standard InChI is InChI=1S/C15H12Cl2N2S/c1-9(11-6-14(17)20-8-11)19-13-7-12(16)5-10-3-2-4-18-15(10)13/h2-9,19H,1H3. The van der Waals surface area contributed by atoms with Crippen molar-refractivity contribution >= 4 is 51.1 Å². The van der Waals surface area contributed by atoms with E-state index in [0.717, 1.165) is 26.5 Å². The van der Waals surface area contributed by atoms with Crippen LogP contribution in [0.5, 0.6) is 0 Å². The van der Waals surface area contributed by atoms with Crippen molar-refractivity contribution in [3.63, 3.8) is 0 Å². The third-order valence-corrected chi connectivity index (χ3v) is 4.46. The predicted molar refractivity (Wildman–Crippen MR) is 88.1 cm³/mol. The van der Waals surface area contributed by atoms with Crippen molar-refractivity contribution < 1.29 is 0 Å². The Morgan fingerprint density at radius 3 is 2.85 bits per heavy atom. The molecule has 0 saturated heterocycles. The molecule has 20 heavy (non-hydrogen) atoms. The predicted octanol–water partition coefficient (Wildman–Crippen LogP) is 5.78. The van der Waals surface area contributed by atoms with Gasteiger partial charge in [-0.2, -0.15) is 0 Å². The highest BCUT2D eigenvalue weighted by Gasteiger charge is 2.11. The number of fused-ring (bicyclic) bond motifs is 1. The van der Waals surface area contributed by atoms with Crippen molar-refractivity contribution in [1.82, 2.24) is 4.98 Å². The lowest BCUT2D eigenvalue weighted by Gasteiger charge is -2.16. The number of nitrogens with zero attached hydrogens (tertiary/aromatic N) is 1. The van der Waals surface area contributed by atoms with E-state index in [4.69, 9.17) is 23.2 Å². The van der Waals surface area contributed by atoms with Crippen molar-refractivity contribution in [3.8, 4) is 0 Å². The maximum atomic E-state index is 6.17. The molecule has 2 heterocycles. The van der Waals surface area contributed by atoms with Crippen LogP contribution in [0.3, 0.4) is 0 Å². The molecule has 0 aliphatic carbocycles. The van der Waals surface area contributed by atoms with Gasteiger partial charge in [0.2, 0.25) is 0 Å². The van der Waals surface area contributed by atoms with Crippen LogP contribution in [0.1, 0.15) is 18.5 Å². The molecule has 0 spiro atoms. The van der Waals surface area contributed by atoms with Gasteiger partial charge in [-0.05, 0) is 42.1 Å². The summed E-state index contributed by atoms with van der Waals surface area (Å²) in [4.78, 5) is 4.43. The molecule has 3 rings (SSSR count). The number of anilines is 1. The smallest absolute Gasteiger partial charge is 0.0934 e. The van der Waals surface area contributed by atoms with Crippen LogP contribution in [-0.2, 0) is 0 Å². The monoisotopic (exact) mass is 322 g/mol. The van der Waals surface area contributed by atoms with Gasteiger partial charge >= 0.3 is 0 Å². The first kappa shape index (κ1) is 13.7. The highest BCUT2D eigenvalue weighted by Crippen LogP contribution is 2.31. The number of thiophene rings is 1. The van der Waals surface area contributed by atoms with Gasteiger partial charge in [0.1, 0.15) is 0 Å². The summed E-state index contributed by atoms with van der Waals surface area (Å²) in [6, 6.07) is 9.85. The van der Waals surface area contributed by atoms with Crippen molar-refractivity contribution in [3.05, 3.63) is 56.8 Å². The molecule has 2 aromatic heterocycles. The van der Waals surface area contributed by atoms with Gasteiger partial charge < -0.3 is 5.32 Å². The Bertz CT molecular complexity index is 754. The lowest BCUT2D eigenvalue weighted by molar-refractivity contribution is 0.892. The lowest BCUT2D eigenvalue weighted by Crippen LogP contribution is -2.06. The van der Waals surface area contributed by atoms with Gasteiger partial charge in [0, 0.05) is 22.6 Å². The summed E-state index contributed by atoms with van der Waals surface area (Å²) in [5, 5.41) is 7.24. The fourth-order valence-corrected chi connectivity index (χ4v) is 3.34. The van der Waals surface area contributed by atoms with Gasteiger partial charge in [-0.3, -0.25) is 4.98 Å². The number of hydrogen-bond acceptors (Lipinski definition) is 3. The van der Waals surface area contributed by atoms with Crippen LogP contribution < -0.4 is 5.32 Å². The summed E-state index contributed by atoms with van der Waals surface area (Å²) in [6.45, 7) is 2.09. The van der Waals surface area contributed by atoms with E-state index < -0.39 is 0 Å². The van der Waals surface area contributed by atoms with E-state index in [1.807, 2.05) is 30.3 Å². The summed E-state index contributed by atoms with van der Waals surface area (Å²) in [6.07, 6.45) is 1.79. The van der Waals surface area contributed by atoms with Crippen LogP contribution in [0.25, 0.3) is 10.9 Å². The Kier molecular flexibility index (Phi) is 3.83. The van der Waals surface area contributed by atoms with Crippen LogP contribution in [0.15, 0.2) is 41.9 Å². The Labute approximate surface area is 131 Å². The van der Waals surface area contributed by atoms with Gasteiger partial charge in [0.05, 0.1) is 15.5 Å². The fraction of sp³-hybridized carbons (Fsp3) is 0.133. The molecule has 0 bridgehead atoms. The molecule has 0 radical (unpaired) electrons. The highest BCUT2D eigenvalue weighted by atomic mass is 35.5. The van der Waals surface area contributed by atoms with Gasteiger partial charge in [-0.1, -0.05) is 29.3 Å². The molecule has 1 atom stereocenters. The van der Waals surface area contributed by atoms with Gasteiger partial charge in [0.25, 0.3) is 0 Å². The molecular formula is C15H12Cl2N2S. The molecule has 1 unspecified atom stereocenters. The van der Waals surface area contributed by atoms with Crippen LogP contribution in [0, 0.1) is 0 Å². The average Bonchev–Trinajstić information content (AvgIpc) is 2.85. The minimum atomic E-state index is 0.141. The van der Waals surface area contributed by atoms with Crippen LogP contribution >= 0.6 is 34.5 Å². The second-order valence-corrected chi connectivity index (χ2v) is 6.56. The minimum Gasteiger partial charge on any atom is -0.377 e. The zero-order valence-corrected chi connectivity index (χ0v) is 13.1. The van der Waals surface area contributed by atoms with E-state index in [9.17, 15) is 0 Å². The zero-order valence-electron chi connectivity index (χ0n) is 10.7. The first-order chi connectivity index (χ1) is 9.63. The number of halogens is 2. The second kappa shape index (κ2) is 5.60. The van der Waals surface area contributed by atoms with Crippen LogP contribution in [0.2, 0.25) is 9.36 Å². The Morgan fingerprint density at radius 1 is 1.25 bits per heavy atom. The minimum absolute atomic E-state index is 0.141. The molecule has 0 fully saturated rings. The van der Waals surface area contributed by atoms with E-state index >= 15 is 0 Å². The summed E-state index contributed by atoms with van der Waals surface area (Å²) in [5.74, 6) is 0. The number of rotatable bonds is 3. The van der Waals surface area contributed by atoms with Crippen molar-refractivity contribution in [2.45, 2.75) is 13.0 Å². The third kappa shape index (κ3) is 2.75. The van der Waals surface area contributed by atoms with Crippen molar-refractivity contribution in [2.75, 3.05) is 5.32 Å². The molecule has 1 aromatic carbocycles. The average molecular weight is 323 g/mol. The number of nitrogens with one attached hydrogen (secondary N) is 1. The van der Waals surface area contributed by atoms with E-state index in [-0.39, 0.29) is 6.04 Å². The molecule has 102 valence electrons. The van der Waals surface area contributed by atoms with Gasteiger partial charge in [-0.25, -0.2) is 0 Å². The molecule has 3 aromatic rings. The number of aromatic nitrogens is 1. The second-order valence-electron chi connectivity index (χ2n) is 4.58. The Morgan fingerprint density at radius 2 is 2.10 bits per heavy atom. The first-order valence-corrected chi connectivity index (χ1v) is 7.82. The zero-order chi connectivity index (χ0) is 14.1. The number of hydrogen-bond donors (Lipinski definition) is 1. The summed E-state index contributed by atoms with van der Waals surface area (Å²) >= 11 is 13.7. The molecule has 0 aliphatic rings. The number of benzene rings is 1. The molecular weight excluding hydrogens is 311 g/mol. The molecule has 0 amide bonds. The molecule has 1 N–H and O–H groups in total. The van der Waals surface area contributed by atoms with Gasteiger partial charge in [-0.15, -0.1) is 11.3 Å². The lowest BCUT2D eigenvalue weighted by atomic mass is 10.1. The summed E-state index contributed by atoms with van der Waals surface area (Å²) in [5.41, 5.74) is 3.01. The fourth-order valence-electron chi connectivity index (χ4n) is 2.13. The first-order valence-electron chi connectivity index (χ1n) is 6.18. The van der Waals surface area contributed by atoms with E-state index in [1.54, 1.807) is 6.20 Å². The van der Waals surface area contributed by atoms with Gasteiger partial charge in [0.15, 0.2) is 0 Å². The largest absolute Gasteiger partial charge is 0.377 e. The normalized spacial score (nSPS) is 12.6. The number of pyridine rings is 1. The summed E-state index contributed by atoms with van der Waals surface area (Å²) < 4.78 is 0.794. The van der Waals surface area contributed by atoms with Crippen molar-refractivity contribution in [2.24, 2.45) is 0 Å². The molecule has 5 heteroatoms. The Balaban J connectivity index is 1.98. The topological polar surface area (TPSA) is 24.9 Å². The van der Waals surface area contributed by atoms with E-state index in [1.165, 1.54) is 11.3 Å². The maximum absolute atomic E-state index is 6.17. The van der Waals surface area contributed by atoms with Crippen LogP contribution in [-0.4, -0.2) is 4.98 Å². The quantitative estimate of drug-likeness (QED) is 0.661. The summed E-state index contributed by atoms with van der Waals surface area (Å²) in [7, 11) is 0. The molecule has 0 saturated carbocycles. The van der Waals surface area contributed by atoms with Crippen molar-refractivity contribution in [1.29, 1.82) is 0 Å². The van der Waals surface area contributed by atoms with E-state index in [0.29, 0.717) is 5.02 Å².